The fraction of sp³-hybridized carbons (Fsp3) is 0.722. The molecule has 2 amide bonds. The number of morpholine rings is 1. The highest BCUT2D eigenvalue weighted by atomic mass is 16.5. The van der Waals surface area contributed by atoms with Crippen LogP contribution in [-0.2, 0) is 16.6 Å². The quantitative estimate of drug-likeness (QED) is 0.809. The smallest absolute Gasteiger partial charge is 0.257 e. The van der Waals surface area contributed by atoms with E-state index in [0.29, 0.717) is 31.7 Å². The molecule has 2 aliphatic heterocycles. The highest BCUT2D eigenvalue weighted by Crippen LogP contribution is 2.31. The van der Waals surface area contributed by atoms with Gasteiger partial charge in [-0.2, -0.15) is 5.10 Å². The van der Waals surface area contributed by atoms with Crippen LogP contribution in [0.15, 0.2) is 6.20 Å². The first kappa shape index (κ1) is 17.9. The Bertz CT molecular complexity index is 669. The van der Waals surface area contributed by atoms with Crippen molar-refractivity contribution in [2.45, 2.75) is 51.7 Å². The van der Waals surface area contributed by atoms with Crippen LogP contribution in [0.25, 0.3) is 0 Å². The van der Waals surface area contributed by atoms with Gasteiger partial charge >= 0.3 is 0 Å². The lowest BCUT2D eigenvalue weighted by atomic mass is 9.93. The van der Waals surface area contributed by atoms with Gasteiger partial charge in [0.1, 0.15) is 0 Å². The zero-order valence-electron chi connectivity index (χ0n) is 15.6. The second-order valence-electron chi connectivity index (χ2n) is 7.39. The highest BCUT2D eigenvalue weighted by Gasteiger charge is 2.48. The van der Waals surface area contributed by atoms with E-state index < -0.39 is 5.60 Å². The minimum absolute atomic E-state index is 0.0282. The summed E-state index contributed by atoms with van der Waals surface area (Å²) < 4.78 is 7.72. The van der Waals surface area contributed by atoms with Crippen LogP contribution in [-0.4, -0.2) is 69.3 Å². The predicted molar refractivity (Wildman–Crippen MR) is 93.2 cm³/mol. The number of rotatable bonds is 2. The van der Waals surface area contributed by atoms with Gasteiger partial charge in [-0.1, -0.05) is 0 Å². The zero-order chi connectivity index (χ0) is 18.2. The standard InChI is InChI=1S/C18H28N4O3/c1-13(2)22-8-6-5-7-18(17(22)24)12-21(9-10-25-18)16(23)15-11-19-20(4)14(15)3/h11,13H,5-10,12H2,1-4H3. The van der Waals surface area contributed by atoms with Crippen LogP contribution in [0.4, 0.5) is 0 Å². The number of amides is 2. The fourth-order valence-corrected chi connectivity index (χ4v) is 3.77. The van der Waals surface area contributed by atoms with Crippen LogP contribution >= 0.6 is 0 Å². The molecular weight excluding hydrogens is 320 g/mol. The Morgan fingerprint density at radius 2 is 2.08 bits per heavy atom. The first-order valence-corrected chi connectivity index (χ1v) is 9.08. The van der Waals surface area contributed by atoms with Crippen LogP contribution in [0.1, 0.15) is 49.2 Å². The lowest BCUT2D eigenvalue weighted by Gasteiger charge is -2.43. The van der Waals surface area contributed by atoms with Crippen molar-refractivity contribution in [3.05, 3.63) is 17.5 Å². The van der Waals surface area contributed by atoms with Crippen LogP contribution in [0.3, 0.4) is 0 Å². The maximum absolute atomic E-state index is 13.2. The van der Waals surface area contributed by atoms with Gasteiger partial charge in [-0.3, -0.25) is 14.3 Å². The van der Waals surface area contributed by atoms with Crippen LogP contribution in [0, 0.1) is 6.92 Å². The molecule has 7 nitrogen and oxygen atoms in total. The molecule has 1 spiro atoms. The Morgan fingerprint density at radius 1 is 1.32 bits per heavy atom. The number of aromatic nitrogens is 2. The summed E-state index contributed by atoms with van der Waals surface area (Å²) in [5.74, 6) is -0.0400. The van der Waals surface area contributed by atoms with E-state index >= 15 is 0 Å². The number of nitrogens with zero attached hydrogens (tertiary/aromatic N) is 4. The van der Waals surface area contributed by atoms with Gasteiger partial charge in [0.25, 0.3) is 11.8 Å². The van der Waals surface area contributed by atoms with Crippen molar-refractivity contribution in [3.8, 4) is 0 Å². The number of aryl methyl sites for hydroxylation is 1. The first-order chi connectivity index (χ1) is 11.9. The van der Waals surface area contributed by atoms with Gasteiger partial charge in [-0.25, -0.2) is 0 Å². The summed E-state index contributed by atoms with van der Waals surface area (Å²) in [6.45, 7) is 7.92. The minimum Gasteiger partial charge on any atom is -0.361 e. The Hall–Kier alpha value is -1.89. The third-order valence-corrected chi connectivity index (χ3v) is 5.44. The normalized spacial score (nSPS) is 24.9. The van der Waals surface area contributed by atoms with Gasteiger partial charge in [0, 0.05) is 31.9 Å². The van der Waals surface area contributed by atoms with E-state index in [-0.39, 0.29) is 17.9 Å². The number of hydrogen-bond donors (Lipinski definition) is 0. The Labute approximate surface area is 148 Å². The lowest BCUT2D eigenvalue weighted by molar-refractivity contribution is -0.169. The molecule has 3 rings (SSSR count). The summed E-state index contributed by atoms with van der Waals surface area (Å²) in [6, 6.07) is 0.137. The second-order valence-corrected chi connectivity index (χ2v) is 7.39. The number of likely N-dealkylation sites (tertiary alicyclic amines) is 1. The summed E-state index contributed by atoms with van der Waals surface area (Å²) in [7, 11) is 1.82. The number of hydrogen-bond acceptors (Lipinski definition) is 4. The molecule has 7 heteroatoms. The van der Waals surface area contributed by atoms with Crippen molar-refractivity contribution in [3.63, 3.8) is 0 Å². The number of ether oxygens (including phenoxy) is 1. The molecule has 138 valence electrons. The zero-order valence-corrected chi connectivity index (χ0v) is 15.6. The van der Waals surface area contributed by atoms with E-state index in [1.807, 2.05) is 32.7 Å². The lowest BCUT2D eigenvalue weighted by Crippen LogP contribution is -2.61. The molecule has 0 aromatic carbocycles. The number of carbonyl (C=O) groups excluding carboxylic acids is 2. The van der Waals surface area contributed by atoms with Crippen molar-refractivity contribution < 1.29 is 14.3 Å². The molecule has 2 aliphatic rings. The Morgan fingerprint density at radius 3 is 2.72 bits per heavy atom. The van der Waals surface area contributed by atoms with Gasteiger partial charge in [0.2, 0.25) is 0 Å². The highest BCUT2D eigenvalue weighted by molar-refractivity contribution is 5.96. The SMILES string of the molecule is Cc1c(C(=O)N2CCOC3(CCCCN(C(C)C)C3=O)C2)cnn1C. The summed E-state index contributed by atoms with van der Waals surface area (Å²) >= 11 is 0. The van der Waals surface area contributed by atoms with Crippen molar-refractivity contribution >= 4 is 11.8 Å². The van der Waals surface area contributed by atoms with Gasteiger partial charge in [-0.05, 0) is 40.0 Å². The summed E-state index contributed by atoms with van der Waals surface area (Å²) in [5.41, 5.74) is 0.535. The van der Waals surface area contributed by atoms with Crippen LogP contribution in [0.5, 0.6) is 0 Å². The molecule has 1 aromatic heterocycles. The van der Waals surface area contributed by atoms with Crippen molar-refractivity contribution in [1.82, 2.24) is 19.6 Å². The van der Waals surface area contributed by atoms with Crippen molar-refractivity contribution in [2.75, 3.05) is 26.2 Å². The molecule has 1 unspecified atom stereocenters. The minimum atomic E-state index is -0.898. The van der Waals surface area contributed by atoms with Crippen molar-refractivity contribution in [1.29, 1.82) is 0 Å². The van der Waals surface area contributed by atoms with E-state index in [1.165, 1.54) is 0 Å². The summed E-state index contributed by atoms with van der Waals surface area (Å²) in [4.78, 5) is 29.8. The summed E-state index contributed by atoms with van der Waals surface area (Å²) in [5, 5.41) is 4.16. The maximum atomic E-state index is 13.2. The molecule has 2 saturated heterocycles. The maximum Gasteiger partial charge on any atom is 0.257 e. The molecule has 0 N–H and O–H groups in total. The molecular formula is C18H28N4O3. The Balaban J connectivity index is 1.85. The molecule has 1 atom stereocenters. The van der Waals surface area contributed by atoms with Gasteiger partial charge in [0.15, 0.2) is 5.60 Å². The second kappa shape index (κ2) is 6.78. The fourth-order valence-electron chi connectivity index (χ4n) is 3.77. The first-order valence-electron chi connectivity index (χ1n) is 9.08. The van der Waals surface area contributed by atoms with E-state index in [9.17, 15) is 9.59 Å². The summed E-state index contributed by atoms with van der Waals surface area (Å²) in [6.07, 6.45) is 4.19. The largest absolute Gasteiger partial charge is 0.361 e. The third-order valence-electron chi connectivity index (χ3n) is 5.44. The average Bonchev–Trinajstić information content (AvgIpc) is 2.84. The molecule has 0 radical (unpaired) electrons. The van der Waals surface area contributed by atoms with Crippen molar-refractivity contribution in [2.24, 2.45) is 7.05 Å². The third kappa shape index (κ3) is 3.17. The molecule has 3 heterocycles. The molecule has 25 heavy (non-hydrogen) atoms. The molecule has 0 saturated carbocycles. The number of carbonyl (C=O) groups is 2. The van der Waals surface area contributed by atoms with Crippen LogP contribution < -0.4 is 0 Å². The molecule has 0 bridgehead atoms. The molecule has 0 aliphatic carbocycles. The predicted octanol–water partition coefficient (Wildman–Crippen LogP) is 1.36. The van der Waals surface area contributed by atoms with Gasteiger partial charge in [-0.15, -0.1) is 0 Å². The molecule has 1 aromatic rings. The van der Waals surface area contributed by atoms with Crippen LogP contribution in [0.2, 0.25) is 0 Å². The van der Waals surface area contributed by atoms with E-state index in [0.717, 1.165) is 25.1 Å². The van der Waals surface area contributed by atoms with E-state index in [1.54, 1.807) is 15.8 Å². The van der Waals surface area contributed by atoms with E-state index in [4.69, 9.17) is 4.74 Å². The monoisotopic (exact) mass is 348 g/mol. The Kier molecular flexibility index (Phi) is 4.86. The topological polar surface area (TPSA) is 67.7 Å². The molecule has 2 fully saturated rings. The van der Waals surface area contributed by atoms with E-state index in [2.05, 4.69) is 5.10 Å². The van der Waals surface area contributed by atoms with Gasteiger partial charge in [0.05, 0.1) is 24.9 Å². The average molecular weight is 348 g/mol. The van der Waals surface area contributed by atoms with Gasteiger partial charge < -0.3 is 14.5 Å².